The number of hydrogen-bond acceptors (Lipinski definition) is 6. The summed E-state index contributed by atoms with van der Waals surface area (Å²) in [6.45, 7) is 4.59. The molecule has 2 rings (SSSR count). The van der Waals surface area contributed by atoms with E-state index in [4.69, 9.17) is 4.74 Å². The van der Waals surface area contributed by atoms with Crippen molar-refractivity contribution in [3.05, 3.63) is 34.4 Å². The number of esters is 1. The van der Waals surface area contributed by atoms with Crippen molar-refractivity contribution in [2.24, 2.45) is 0 Å². The molecule has 22 heavy (non-hydrogen) atoms. The van der Waals surface area contributed by atoms with Gasteiger partial charge in [-0.3, -0.25) is 14.9 Å². The van der Waals surface area contributed by atoms with Crippen LogP contribution in [0.25, 0.3) is 10.1 Å². The fraction of sp³-hybridized carbons (Fsp3) is 0.400. The number of ether oxygens (including phenoxy) is 1. The minimum atomic E-state index is -0.373. The fourth-order valence-electron chi connectivity index (χ4n) is 2.29. The predicted molar refractivity (Wildman–Crippen MR) is 87.6 cm³/mol. The molecule has 6 nitrogen and oxygen atoms in total. The van der Waals surface area contributed by atoms with E-state index in [-0.39, 0.29) is 23.1 Å². The lowest BCUT2D eigenvalue weighted by atomic mass is 10.2. The molecule has 0 atom stereocenters. The van der Waals surface area contributed by atoms with Gasteiger partial charge in [0.25, 0.3) is 0 Å². The molecule has 0 N–H and O–H groups in total. The zero-order valence-electron chi connectivity index (χ0n) is 12.6. The van der Waals surface area contributed by atoms with Crippen LogP contribution < -0.4 is 4.90 Å². The molecule has 1 aromatic heterocycles. The first kappa shape index (κ1) is 16.2. The van der Waals surface area contributed by atoms with Crippen LogP contribution in [0.2, 0.25) is 0 Å². The summed E-state index contributed by atoms with van der Waals surface area (Å²) in [5.74, 6) is -0.372. The number of anilines is 1. The summed E-state index contributed by atoms with van der Waals surface area (Å²) in [5, 5.41) is 12.6. The summed E-state index contributed by atoms with van der Waals surface area (Å²) in [6, 6.07) is 7.22. The van der Waals surface area contributed by atoms with E-state index in [2.05, 4.69) is 0 Å². The Morgan fingerprint density at radius 2 is 2.09 bits per heavy atom. The third-order valence-electron chi connectivity index (χ3n) is 3.14. The quantitative estimate of drug-likeness (QED) is 0.442. The van der Waals surface area contributed by atoms with Gasteiger partial charge in [0.05, 0.1) is 16.9 Å². The van der Waals surface area contributed by atoms with Crippen LogP contribution in [0.1, 0.15) is 20.3 Å². The maximum Gasteiger partial charge on any atom is 0.325 e. The maximum absolute atomic E-state index is 11.8. The van der Waals surface area contributed by atoms with Crippen molar-refractivity contribution in [3.8, 4) is 0 Å². The molecule has 1 heterocycles. The summed E-state index contributed by atoms with van der Waals surface area (Å²) in [7, 11) is 0. The van der Waals surface area contributed by atoms with Crippen LogP contribution >= 0.6 is 11.3 Å². The largest absolute Gasteiger partial charge is 0.465 e. The summed E-state index contributed by atoms with van der Waals surface area (Å²) in [5.41, 5.74) is 0.0679. The van der Waals surface area contributed by atoms with Gasteiger partial charge in [0.15, 0.2) is 5.00 Å². The highest BCUT2D eigenvalue weighted by molar-refractivity contribution is 7.23. The lowest BCUT2D eigenvalue weighted by molar-refractivity contribution is -0.382. The molecule has 0 aliphatic rings. The van der Waals surface area contributed by atoms with Crippen LogP contribution in [0, 0.1) is 10.1 Å². The molecule has 0 amide bonds. The summed E-state index contributed by atoms with van der Waals surface area (Å²) in [4.78, 5) is 24.6. The number of fused-ring (bicyclic) bond motifs is 1. The van der Waals surface area contributed by atoms with E-state index in [9.17, 15) is 14.9 Å². The van der Waals surface area contributed by atoms with Crippen LogP contribution in [-0.4, -0.2) is 30.6 Å². The number of thiophene rings is 1. The first-order valence-electron chi connectivity index (χ1n) is 7.15. The van der Waals surface area contributed by atoms with Crippen molar-refractivity contribution in [3.63, 3.8) is 0 Å². The number of rotatable bonds is 7. The monoisotopic (exact) mass is 322 g/mol. The van der Waals surface area contributed by atoms with Gasteiger partial charge in [-0.2, -0.15) is 0 Å². The molecular formula is C15H18N2O4S. The van der Waals surface area contributed by atoms with E-state index in [0.717, 1.165) is 11.1 Å². The predicted octanol–water partition coefficient (Wildman–Crippen LogP) is 3.59. The highest BCUT2D eigenvalue weighted by Gasteiger charge is 2.27. The van der Waals surface area contributed by atoms with Crippen molar-refractivity contribution in [2.45, 2.75) is 20.3 Å². The Morgan fingerprint density at radius 3 is 2.73 bits per heavy atom. The van der Waals surface area contributed by atoms with Crippen LogP contribution in [0.5, 0.6) is 0 Å². The van der Waals surface area contributed by atoms with Gasteiger partial charge in [-0.25, -0.2) is 0 Å². The first-order valence-corrected chi connectivity index (χ1v) is 7.96. The molecule has 2 aromatic rings. The fourth-order valence-corrected chi connectivity index (χ4v) is 3.49. The molecule has 118 valence electrons. The minimum Gasteiger partial charge on any atom is -0.465 e. The third kappa shape index (κ3) is 3.36. The highest BCUT2D eigenvalue weighted by atomic mass is 32.1. The SMILES string of the molecule is CCCN(CC(=O)OCC)c1sc2ccccc2c1[N+](=O)[O-]. The molecule has 0 fully saturated rings. The maximum atomic E-state index is 11.8. The molecular weight excluding hydrogens is 304 g/mol. The molecule has 0 bridgehead atoms. The average Bonchev–Trinajstić information content (AvgIpc) is 2.86. The molecule has 1 aromatic carbocycles. The van der Waals surface area contributed by atoms with Gasteiger partial charge in [-0.05, 0) is 25.5 Å². The minimum absolute atomic E-state index is 0.0232. The van der Waals surface area contributed by atoms with Crippen molar-refractivity contribution in [1.82, 2.24) is 0 Å². The van der Waals surface area contributed by atoms with Gasteiger partial charge in [-0.15, -0.1) is 11.3 Å². The molecule has 0 aliphatic carbocycles. The smallest absolute Gasteiger partial charge is 0.325 e. The highest BCUT2D eigenvalue weighted by Crippen LogP contribution is 2.43. The Labute approximate surface area is 132 Å². The Balaban J connectivity index is 2.46. The second-order valence-corrected chi connectivity index (χ2v) is 5.77. The zero-order valence-corrected chi connectivity index (χ0v) is 13.4. The number of carbonyl (C=O) groups excluding carboxylic acids is 1. The number of hydrogen-bond donors (Lipinski definition) is 0. The van der Waals surface area contributed by atoms with Crippen molar-refractivity contribution in [1.29, 1.82) is 0 Å². The molecule has 0 spiro atoms. The topological polar surface area (TPSA) is 72.7 Å². The molecule has 0 radical (unpaired) electrons. The Morgan fingerprint density at radius 1 is 1.36 bits per heavy atom. The first-order chi connectivity index (χ1) is 10.6. The Kier molecular flexibility index (Phi) is 5.32. The zero-order chi connectivity index (χ0) is 16.1. The van der Waals surface area contributed by atoms with Gasteiger partial charge in [-0.1, -0.05) is 19.1 Å². The van der Waals surface area contributed by atoms with Crippen LogP contribution in [0.15, 0.2) is 24.3 Å². The third-order valence-corrected chi connectivity index (χ3v) is 4.36. The number of nitro groups is 1. The Bertz CT molecular complexity index is 683. The normalized spacial score (nSPS) is 10.6. The second-order valence-electron chi connectivity index (χ2n) is 4.74. The van der Waals surface area contributed by atoms with Crippen molar-refractivity contribution < 1.29 is 14.5 Å². The molecule has 7 heteroatoms. The van der Waals surface area contributed by atoms with E-state index in [1.807, 2.05) is 19.1 Å². The number of nitrogens with zero attached hydrogens (tertiary/aromatic N) is 2. The van der Waals surface area contributed by atoms with Gasteiger partial charge < -0.3 is 9.64 Å². The summed E-state index contributed by atoms with van der Waals surface area (Å²) >= 11 is 1.34. The number of benzene rings is 1. The summed E-state index contributed by atoms with van der Waals surface area (Å²) < 4.78 is 5.81. The van der Waals surface area contributed by atoms with Crippen LogP contribution in [0.3, 0.4) is 0 Å². The Hall–Kier alpha value is -2.15. The van der Waals surface area contributed by atoms with Gasteiger partial charge >= 0.3 is 11.7 Å². The van der Waals surface area contributed by atoms with Gasteiger partial charge in [0, 0.05) is 11.2 Å². The lowest BCUT2D eigenvalue weighted by Gasteiger charge is -2.20. The molecule has 0 saturated heterocycles. The van der Waals surface area contributed by atoms with E-state index < -0.39 is 0 Å². The van der Waals surface area contributed by atoms with E-state index >= 15 is 0 Å². The summed E-state index contributed by atoms with van der Waals surface area (Å²) in [6.07, 6.45) is 0.783. The number of carbonyl (C=O) groups is 1. The van der Waals surface area contributed by atoms with Crippen LogP contribution in [-0.2, 0) is 9.53 Å². The van der Waals surface area contributed by atoms with Crippen LogP contribution in [0.4, 0.5) is 10.7 Å². The second kappa shape index (κ2) is 7.22. The van der Waals surface area contributed by atoms with E-state index in [1.54, 1.807) is 24.0 Å². The van der Waals surface area contributed by atoms with Gasteiger partial charge in [0.1, 0.15) is 6.54 Å². The molecule has 0 unspecified atom stereocenters. The van der Waals surface area contributed by atoms with E-state index in [1.165, 1.54) is 11.3 Å². The van der Waals surface area contributed by atoms with Gasteiger partial charge in [0.2, 0.25) is 0 Å². The average molecular weight is 322 g/mol. The lowest BCUT2D eigenvalue weighted by Crippen LogP contribution is -2.31. The van der Waals surface area contributed by atoms with Crippen molar-refractivity contribution in [2.75, 3.05) is 24.6 Å². The van der Waals surface area contributed by atoms with E-state index in [0.29, 0.717) is 23.5 Å². The molecule has 0 saturated carbocycles. The molecule has 0 aliphatic heterocycles. The van der Waals surface area contributed by atoms with Crippen molar-refractivity contribution >= 4 is 38.1 Å². The standard InChI is InChI=1S/C15H18N2O4S/c1-3-9-16(10-13(18)21-4-2)15-14(17(19)20)11-7-5-6-8-12(11)22-15/h5-8H,3-4,9-10H2,1-2H3.